The third-order valence-corrected chi connectivity index (χ3v) is 3.14. The van der Waals surface area contributed by atoms with E-state index in [0.717, 1.165) is 16.6 Å². The van der Waals surface area contributed by atoms with Crippen molar-refractivity contribution in [3.8, 4) is 0 Å². The van der Waals surface area contributed by atoms with Crippen molar-refractivity contribution in [2.24, 2.45) is 7.05 Å². The Hall–Kier alpha value is -2.37. The Morgan fingerprint density at radius 2 is 1.82 bits per heavy atom. The molecular weight excluding hydrogens is 280 g/mol. The van der Waals surface area contributed by atoms with Gasteiger partial charge >= 0.3 is 6.03 Å². The number of amides is 3. The Morgan fingerprint density at radius 3 is 2.45 bits per heavy atom. The number of hydrogen-bond donors (Lipinski definition) is 1. The van der Waals surface area contributed by atoms with Gasteiger partial charge in [0.15, 0.2) is 0 Å². The van der Waals surface area contributed by atoms with Gasteiger partial charge in [0.05, 0.1) is 23.6 Å². The van der Waals surface area contributed by atoms with Crippen molar-refractivity contribution in [3.63, 3.8) is 0 Å². The molecule has 3 rings (SSSR count). The molecule has 0 radical (unpaired) electrons. The minimum atomic E-state index is -0.385. The highest BCUT2D eigenvalue weighted by atomic mass is 16.2. The SMILES string of the molecule is CC.CC.Cn1ccc2c(N3CCC(=O)NC3=O)cncc21. The van der Waals surface area contributed by atoms with E-state index in [9.17, 15) is 9.59 Å². The molecule has 6 heteroatoms. The van der Waals surface area contributed by atoms with Crippen molar-refractivity contribution in [2.75, 3.05) is 11.4 Å². The van der Waals surface area contributed by atoms with Gasteiger partial charge in [-0.25, -0.2) is 4.79 Å². The first-order valence-corrected chi connectivity index (χ1v) is 7.67. The van der Waals surface area contributed by atoms with Crippen LogP contribution in [0.5, 0.6) is 0 Å². The van der Waals surface area contributed by atoms with Gasteiger partial charge in [-0.2, -0.15) is 0 Å². The summed E-state index contributed by atoms with van der Waals surface area (Å²) in [6.07, 6.45) is 5.64. The van der Waals surface area contributed by atoms with Crippen LogP contribution < -0.4 is 10.2 Å². The predicted molar refractivity (Wildman–Crippen MR) is 88.9 cm³/mol. The van der Waals surface area contributed by atoms with Gasteiger partial charge in [-0.05, 0) is 6.07 Å². The Balaban J connectivity index is 0.000000561. The monoisotopic (exact) mass is 304 g/mol. The Morgan fingerprint density at radius 1 is 1.14 bits per heavy atom. The Labute approximate surface area is 131 Å². The summed E-state index contributed by atoms with van der Waals surface area (Å²) in [5, 5.41) is 3.27. The van der Waals surface area contributed by atoms with Crippen molar-refractivity contribution >= 4 is 28.5 Å². The zero-order chi connectivity index (χ0) is 16.7. The van der Waals surface area contributed by atoms with E-state index >= 15 is 0 Å². The van der Waals surface area contributed by atoms with Gasteiger partial charge in [0.25, 0.3) is 0 Å². The smallest absolute Gasteiger partial charge is 0.328 e. The molecule has 0 unspecified atom stereocenters. The van der Waals surface area contributed by atoms with Crippen LogP contribution in [0.1, 0.15) is 34.1 Å². The van der Waals surface area contributed by atoms with Gasteiger partial charge in [0, 0.05) is 31.6 Å². The summed E-state index contributed by atoms with van der Waals surface area (Å²) in [4.78, 5) is 28.7. The van der Waals surface area contributed by atoms with Crippen molar-refractivity contribution in [2.45, 2.75) is 34.1 Å². The van der Waals surface area contributed by atoms with Crippen LogP contribution in [0.2, 0.25) is 0 Å². The standard InChI is InChI=1S/C12H12N4O2.2C2H6/c1-15-4-2-8-9(15)6-13-7-10(8)16-5-3-11(17)14-12(16)18;2*1-2/h2,4,6-7H,3,5H2,1H3,(H,14,17,18);2*1-2H3. The average Bonchev–Trinajstić information content (AvgIpc) is 2.93. The number of aromatic nitrogens is 2. The number of pyridine rings is 1. The Kier molecular flexibility index (Phi) is 6.56. The topological polar surface area (TPSA) is 67.2 Å². The molecule has 2 aromatic rings. The van der Waals surface area contributed by atoms with E-state index in [2.05, 4.69) is 10.3 Å². The lowest BCUT2D eigenvalue weighted by Crippen LogP contribution is -2.49. The first-order valence-electron chi connectivity index (χ1n) is 7.67. The average molecular weight is 304 g/mol. The molecule has 0 bridgehead atoms. The third-order valence-electron chi connectivity index (χ3n) is 3.14. The highest BCUT2D eigenvalue weighted by molar-refractivity contribution is 6.09. The van der Waals surface area contributed by atoms with Crippen LogP contribution >= 0.6 is 0 Å². The van der Waals surface area contributed by atoms with Crippen molar-refractivity contribution < 1.29 is 9.59 Å². The molecule has 0 aromatic carbocycles. The maximum Gasteiger partial charge on any atom is 0.328 e. The van der Waals surface area contributed by atoms with E-state index in [1.807, 2.05) is 51.6 Å². The number of rotatable bonds is 1. The molecule has 2 aromatic heterocycles. The minimum absolute atomic E-state index is 0.232. The Bertz CT molecular complexity index is 649. The van der Waals surface area contributed by atoms with Gasteiger partial charge < -0.3 is 4.57 Å². The lowest BCUT2D eigenvalue weighted by molar-refractivity contribution is -0.120. The zero-order valence-electron chi connectivity index (χ0n) is 13.9. The maximum atomic E-state index is 11.8. The lowest BCUT2D eigenvalue weighted by atomic mass is 10.2. The summed E-state index contributed by atoms with van der Waals surface area (Å²) in [6, 6.07) is 1.56. The lowest BCUT2D eigenvalue weighted by Gasteiger charge is -2.26. The minimum Gasteiger partial charge on any atom is -0.349 e. The second kappa shape index (κ2) is 8.17. The molecule has 1 fully saturated rings. The summed E-state index contributed by atoms with van der Waals surface area (Å²) in [5.41, 5.74) is 1.69. The van der Waals surface area contributed by atoms with Gasteiger partial charge in [0.1, 0.15) is 0 Å². The first kappa shape index (κ1) is 17.7. The molecule has 0 saturated carbocycles. The molecule has 1 N–H and O–H groups in total. The second-order valence-corrected chi connectivity index (χ2v) is 4.27. The maximum absolute atomic E-state index is 11.8. The van der Waals surface area contributed by atoms with E-state index < -0.39 is 0 Å². The molecule has 3 heterocycles. The van der Waals surface area contributed by atoms with Crippen LogP contribution in [-0.4, -0.2) is 28.0 Å². The highest BCUT2D eigenvalue weighted by Gasteiger charge is 2.25. The van der Waals surface area contributed by atoms with E-state index in [1.54, 1.807) is 17.3 Å². The summed E-state index contributed by atoms with van der Waals surface area (Å²) in [5.74, 6) is -0.232. The number of aryl methyl sites for hydroxylation is 1. The fourth-order valence-electron chi connectivity index (χ4n) is 2.18. The molecule has 6 nitrogen and oxygen atoms in total. The molecule has 0 atom stereocenters. The number of imide groups is 1. The van der Waals surface area contributed by atoms with Gasteiger partial charge in [0.2, 0.25) is 5.91 Å². The molecule has 0 spiro atoms. The zero-order valence-corrected chi connectivity index (χ0v) is 13.9. The van der Waals surface area contributed by atoms with Gasteiger partial charge in [-0.3, -0.25) is 20.0 Å². The van der Waals surface area contributed by atoms with Crippen LogP contribution in [0.25, 0.3) is 10.9 Å². The van der Waals surface area contributed by atoms with Gasteiger partial charge in [-0.1, -0.05) is 27.7 Å². The van der Waals surface area contributed by atoms with Gasteiger partial charge in [-0.15, -0.1) is 0 Å². The second-order valence-electron chi connectivity index (χ2n) is 4.27. The summed E-state index contributed by atoms with van der Waals surface area (Å²) >= 11 is 0. The quantitative estimate of drug-likeness (QED) is 0.880. The summed E-state index contributed by atoms with van der Waals surface area (Å²) in [7, 11) is 1.92. The molecular formula is C16H24N4O2. The van der Waals surface area contributed by atoms with E-state index in [0.29, 0.717) is 13.0 Å². The van der Waals surface area contributed by atoms with E-state index in [-0.39, 0.29) is 11.9 Å². The molecule has 0 aliphatic carbocycles. The molecule has 1 aliphatic heterocycles. The molecule has 1 aliphatic rings. The number of urea groups is 1. The number of anilines is 1. The number of hydrogen-bond acceptors (Lipinski definition) is 3. The fourth-order valence-corrected chi connectivity index (χ4v) is 2.18. The molecule has 22 heavy (non-hydrogen) atoms. The van der Waals surface area contributed by atoms with E-state index in [4.69, 9.17) is 0 Å². The first-order chi connectivity index (χ1) is 10.7. The highest BCUT2D eigenvalue weighted by Crippen LogP contribution is 2.27. The molecule has 1 saturated heterocycles. The van der Waals surface area contributed by atoms with Crippen LogP contribution in [0.3, 0.4) is 0 Å². The van der Waals surface area contributed by atoms with Crippen molar-refractivity contribution in [3.05, 3.63) is 24.7 Å². The summed E-state index contributed by atoms with van der Waals surface area (Å²) < 4.78 is 1.94. The molecule has 120 valence electrons. The number of carbonyl (C=O) groups excluding carboxylic acids is 2. The van der Waals surface area contributed by atoms with Crippen LogP contribution in [0.4, 0.5) is 10.5 Å². The van der Waals surface area contributed by atoms with Crippen LogP contribution in [0, 0.1) is 0 Å². The largest absolute Gasteiger partial charge is 0.349 e. The van der Waals surface area contributed by atoms with Crippen LogP contribution in [-0.2, 0) is 11.8 Å². The van der Waals surface area contributed by atoms with Crippen molar-refractivity contribution in [1.29, 1.82) is 0 Å². The number of nitrogens with zero attached hydrogens (tertiary/aromatic N) is 3. The fraction of sp³-hybridized carbons (Fsp3) is 0.438. The van der Waals surface area contributed by atoms with Crippen LogP contribution in [0.15, 0.2) is 24.7 Å². The third kappa shape index (κ3) is 3.44. The molecule has 3 amide bonds. The normalized spacial score (nSPS) is 13.8. The van der Waals surface area contributed by atoms with Crippen molar-refractivity contribution in [1.82, 2.24) is 14.9 Å². The number of carbonyl (C=O) groups is 2. The summed E-state index contributed by atoms with van der Waals surface area (Å²) in [6.45, 7) is 8.39. The number of nitrogens with one attached hydrogen (secondary N) is 1. The predicted octanol–water partition coefficient (Wildman–Crippen LogP) is 3.07. The number of fused-ring (bicyclic) bond motifs is 1. The van der Waals surface area contributed by atoms with E-state index in [1.165, 1.54) is 0 Å².